The molecule has 3 aromatic carbocycles. The number of amides is 1. The first-order chi connectivity index (χ1) is 12.3. The van der Waals surface area contributed by atoms with E-state index in [0.29, 0.717) is 6.54 Å². The monoisotopic (exact) mass is 341 g/mol. The molecule has 0 N–H and O–H groups in total. The average Bonchev–Trinajstić information content (AvgIpc) is 2.81. The number of fused-ring (bicyclic) bond motifs is 2. The van der Waals surface area contributed by atoms with E-state index in [-0.39, 0.29) is 5.91 Å². The van der Waals surface area contributed by atoms with Gasteiger partial charge in [-0.15, -0.1) is 0 Å². The fourth-order valence-electron chi connectivity index (χ4n) is 3.54. The van der Waals surface area contributed by atoms with E-state index >= 15 is 0 Å². The molecule has 3 aromatic rings. The van der Waals surface area contributed by atoms with Gasteiger partial charge in [0.25, 0.3) is 5.91 Å². The molecule has 0 spiro atoms. The lowest BCUT2D eigenvalue weighted by atomic mass is 9.93. The number of nitrogens with zero attached hydrogens (tertiary/aromatic N) is 1. The Kier molecular flexibility index (Phi) is 3.28. The van der Waals surface area contributed by atoms with Crippen molar-refractivity contribution in [1.82, 2.24) is 0 Å². The molecule has 2 aliphatic rings. The zero-order valence-corrected chi connectivity index (χ0v) is 14.3. The van der Waals surface area contributed by atoms with Gasteiger partial charge in [-0.2, -0.15) is 0 Å². The average molecular weight is 341 g/mol. The second-order valence-corrected chi connectivity index (χ2v) is 7.29. The molecule has 0 saturated heterocycles. The molecule has 1 amide bonds. The van der Waals surface area contributed by atoms with Crippen LogP contribution in [0.4, 0.5) is 5.69 Å². The van der Waals surface area contributed by atoms with E-state index in [9.17, 15) is 4.79 Å². The Bertz CT molecular complexity index is 1020. The highest BCUT2D eigenvalue weighted by molar-refractivity contribution is 8.08. The lowest BCUT2D eigenvalue weighted by Gasteiger charge is -2.31. The summed E-state index contributed by atoms with van der Waals surface area (Å²) in [5.41, 5.74) is 5.69. The minimum Gasteiger partial charge on any atom is -0.303 e. The van der Waals surface area contributed by atoms with Gasteiger partial charge in [0.1, 0.15) is 0 Å². The predicted octanol–water partition coefficient (Wildman–Crippen LogP) is 5.35. The third kappa shape index (κ3) is 2.31. The second-order valence-electron chi connectivity index (χ2n) is 6.21. The maximum absolute atomic E-state index is 13.0. The summed E-state index contributed by atoms with van der Waals surface area (Å²) in [5, 5.41) is 0. The minimum atomic E-state index is 0.0482. The molecule has 2 heterocycles. The van der Waals surface area contributed by atoms with E-state index in [2.05, 4.69) is 48.5 Å². The molecule has 0 atom stereocenters. The molecule has 0 aliphatic carbocycles. The maximum Gasteiger partial charge on any atom is 0.252 e. The highest BCUT2D eigenvalue weighted by atomic mass is 32.2. The summed E-state index contributed by atoms with van der Waals surface area (Å²) in [4.78, 5) is 17.1. The second kappa shape index (κ2) is 5.64. The number of hydrogen-bond donors (Lipinski definition) is 0. The zero-order chi connectivity index (χ0) is 16.8. The summed E-state index contributed by atoms with van der Waals surface area (Å²) in [5.74, 6) is 0.0482. The van der Waals surface area contributed by atoms with E-state index in [1.807, 2.05) is 29.2 Å². The van der Waals surface area contributed by atoms with Crippen LogP contribution in [-0.2, 0) is 11.3 Å². The van der Waals surface area contributed by atoms with Crippen LogP contribution in [0.25, 0.3) is 16.0 Å². The summed E-state index contributed by atoms with van der Waals surface area (Å²) in [7, 11) is 0. The zero-order valence-electron chi connectivity index (χ0n) is 13.5. The molecule has 3 heteroatoms. The smallest absolute Gasteiger partial charge is 0.252 e. The van der Waals surface area contributed by atoms with E-state index in [1.165, 1.54) is 11.1 Å². The first-order valence-electron chi connectivity index (χ1n) is 8.29. The molecule has 120 valence electrons. The van der Waals surface area contributed by atoms with Gasteiger partial charge in [0.05, 0.1) is 12.2 Å². The molecule has 2 nitrogen and oxygen atoms in total. The predicted molar refractivity (Wildman–Crippen MR) is 103 cm³/mol. The molecule has 0 fully saturated rings. The molecule has 0 aromatic heterocycles. The normalized spacial score (nSPS) is 15.1. The van der Waals surface area contributed by atoms with Crippen LogP contribution < -0.4 is 4.90 Å². The Morgan fingerprint density at radius 3 is 2.44 bits per heavy atom. The van der Waals surface area contributed by atoms with Crippen molar-refractivity contribution < 1.29 is 4.79 Å². The van der Waals surface area contributed by atoms with Crippen molar-refractivity contribution in [1.29, 1.82) is 0 Å². The van der Waals surface area contributed by atoms with E-state index in [0.717, 1.165) is 26.6 Å². The SMILES string of the molecule is O=C1C=C(c2ccccc2)Sc2cccc3c2N1Cc1ccccc1-3. The van der Waals surface area contributed by atoms with Crippen molar-refractivity contribution in [2.75, 3.05) is 4.90 Å². The molecule has 0 saturated carbocycles. The fraction of sp³-hybridized carbons (Fsp3) is 0.0455. The highest BCUT2D eigenvalue weighted by Crippen LogP contribution is 2.49. The molecule has 25 heavy (non-hydrogen) atoms. The van der Waals surface area contributed by atoms with Crippen molar-refractivity contribution >= 4 is 28.3 Å². The van der Waals surface area contributed by atoms with Crippen molar-refractivity contribution in [3.05, 3.63) is 90.0 Å². The summed E-state index contributed by atoms with van der Waals surface area (Å²) < 4.78 is 0. The first kappa shape index (κ1) is 14.6. The molecule has 0 radical (unpaired) electrons. The van der Waals surface area contributed by atoms with Crippen LogP contribution in [0.3, 0.4) is 0 Å². The first-order valence-corrected chi connectivity index (χ1v) is 9.11. The van der Waals surface area contributed by atoms with Crippen molar-refractivity contribution in [2.24, 2.45) is 0 Å². The van der Waals surface area contributed by atoms with Gasteiger partial charge in [0.15, 0.2) is 0 Å². The number of rotatable bonds is 1. The number of carbonyl (C=O) groups is 1. The van der Waals surface area contributed by atoms with Gasteiger partial charge < -0.3 is 4.90 Å². The number of benzene rings is 3. The van der Waals surface area contributed by atoms with Gasteiger partial charge in [-0.1, -0.05) is 78.5 Å². The van der Waals surface area contributed by atoms with Gasteiger partial charge >= 0.3 is 0 Å². The van der Waals surface area contributed by atoms with Crippen molar-refractivity contribution in [3.8, 4) is 11.1 Å². The van der Waals surface area contributed by atoms with Crippen LogP contribution in [0.2, 0.25) is 0 Å². The van der Waals surface area contributed by atoms with Crippen molar-refractivity contribution in [2.45, 2.75) is 11.4 Å². The third-order valence-electron chi connectivity index (χ3n) is 4.70. The maximum atomic E-state index is 13.0. The van der Waals surface area contributed by atoms with Gasteiger partial charge in [0.2, 0.25) is 0 Å². The Morgan fingerprint density at radius 1 is 0.800 bits per heavy atom. The Hall–Kier alpha value is -2.78. The standard InChI is InChI=1S/C22H15NOS/c24-21-13-20(15-7-2-1-3-8-15)25-19-12-6-11-18-17-10-5-4-9-16(17)14-23(21)22(18)19/h1-13H,14H2. The summed E-state index contributed by atoms with van der Waals surface area (Å²) >= 11 is 1.68. The van der Waals surface area contributed by atoms with Crippen LogP contribution in [0.1, 0.15) is 11.1 Å². The van der Waals surface area contributed by atoms with Gasteiger partial charge in [-0.25, -0.2) is 0 Å². The quantitative estimate of drug-likeness (QED) is 0.595. The van der Waals surface area contributed by atoms with Crippen LogP contribution >= 0.6 is 11.8 Å². The van der Waals surface area contributed by atoms with Crippen molar-refractivity contribution in [3.63, 3.8) is 0 Å². The molecule has 0 unspecified atom stereocenters. The largest absolute Gasteiger partial charge is 0.303 e. The van der Waals surface area contributed by atoms with Crippen LogP contribution in [0.15, 0.2) is 83.8 Å². The lowest BCUT2D eigenvalue weighted by molar-refractivity contribution is -0.114. The Balaban J connectivity index is 1.72. The van der Waals surface area contributed by atoms with E-state index in [4.69, 9.17) is 0 Å². The Labute approximate surface area is 150 Å². The Morgan fingerprint density at radius 2 is 1.56 bits per heavy atom. The third-order valence-corrected chi connectivity index (χ3v) is 5.83. The summed E-state index contributed by atoms with van der Waals surface area (Å²) in [6.07, 6.45) is 1.78. The number of thioether (sulfide) groups is 1. The van der Waals surface area contributed by atoms with Gasteiger partial charge in [-0.3, -0.25) is 4.79 Å². The number of hydrogen-bond acceptors (Lipinski definition) is 2. The molecule has 2 aliphatic heterocycles. The van der Waals surface area contributed by atoms with Gasteiger partial charge in [-0.05, 0) is 22.8 Å². The summed E-state index contributed by atoms with van der Waals surface area (Å²) in [6, 6.07) is 24.8. The van der Waals surface area contributed by atoms with E-state index < -0.39 is 0 Å². The van der Waals surface area contributed by atoms with Gasteiger partial charge in [0, 0.05) is 21.4 Å². The topological polar surface area (TPSA) is 20.3 Å². The highest BCUT2D eigenvalue weighted by Gasteiger charge is 2.30. The minimum absolute atomic E-state index is 0.0482. The summed E-state index contributed by atoms with van der Waals surface area (Å²) in [6.45, 7) is 0.623. The molecule has 0 bridgehead atoms. The van der Waals surface area contributed by atoms with E-state index in [1.54, 1.807) is 17.8 Å². The van der Waals surface area contributed by atoms with Crippen LogP contribution in [-0.4, -0.2) is 5.91 Å². The van der Waals surface area contributed by atoms with Crippen LogP contribution in [0.5, 0.6) is 0 Å². The lowest BCUT2D eigenvalue weighted by Crippen LogP contribution is -2.31. The fourth-order valence-corrected chi connectivity index (χ4v) is 4.66. The number of anilines is 1. The number of para-hydroxylation sites is 1. The molecule has 5 rings (SSSR count). The molecular formula is C22H15NOS. The molecular weight excluding hydrogens is 326 g/mol. The van der Waals surface area contributed by atoms with Crippen LogP contribution in [0, 0.1) is 0 Å². The number of carbonyl (C=O) groups excluding carboxylic acids is 1.